The Balaban J connectivity index is 1.57. The maximum Gasteiger partial charge on any atom is 0.258 e. The Kier molecular flexibility index (Phi) is 5.02. The highest BCUT2D eigenvalue weighted by molar-refractivity contribution is 6.49. The van der Waals surface area contributed by atoms with Crippen molar-refractivity contribution in [3.63, 3.8) is 0 Å². The van der Waals surface area contributed by atoms with E-state index in [-0.39, 0.29) is 22.9 Å². The Morgan fingerprint density at radius 3 is 2.55 bits per heavy atom. The second-order valence-electron chi connectivity index (χ2n) is 7.53. The van der Waals surface area contributed by atoms with Gasteiger partial charge in [-0.2, -0.15) is 0 Å². The van der Waals surface area contributed by atoms with E-state index < -0.39 is 17.3 Å². The van der Waals surface area contributed by atoms with E-state index in [2.05, 4.69) is 25.4 Å². The molecule has 0 spiro atoms. The van der Waals surface area contributed by atoms with Crippen LogP contribution >= 0.6 is 0 Å². The van der Waals surface area contributed by atoms with E-state index in [1.807, 2.05) is 13.0 Å². The number of nitrogens with one attached hydrogen (secondary N) is 1. The van der Waals surface area contributed by atoms with Gasteiger partial charge in [0.2, 0.25) is 5.78 Å². The summed E-state index contributed by atoms with van der Waals surface area (Å²) in [5.41, 5.74) is 2.19. The molecule has 8 nitrogen and oxygen atoms in total. The van der Waals surface area contributed by atoms with Crippen LogP contribution in [-0.2, 0) is 9.63 Å². The van der Waals surface area contributed by atoms with E-state index in [0.717, 1.165) is 23.4 Å². The molecule has 4 rings (SSSR count). The standard InChI is InChI=1S/C22H18FN5O3/c1-12-4-5-13(19-20(29)22(2,3)31-28-19)7-16(12)17-10-26-18(11-25-17)27-21(30)14-6-15(23)9-24-8-14/h4-11H,1-3H3,(H,26,27,30). The van der Waals surface area contributed by atoms with Crippen molar-refractivity contribution in [3.8, 4) is 11.3 Å². The molecule has 156 valence electrons. The number of halogens is 1. The third kappa shape index (κ3) is 4.02. The highest BCUT2D eigenvalue weighted by Gasteiger charge is 2.40. The second-order valence-corrected chi connectivity index (χ2v) is 7.53. The predicted octanol–water partition coefficient (Wildman–Crippen LogP) is 3.32. The SMILES string of the molecule is Cc1ccc(C2=NOC(C)(C)C2=O)cc1-c1cnc(NC(=O)c2cncc(F)c2)cn1. The topological polar surface area (TPSA) is 106 Å². The number of ketones is 1. The quantitative estimate of drug-likeness (QED) is 0.695. The zero-order chi connectivity index (χ0) is 22.2. The monoisotopic (exact) mass is 419 g/mol. The number of hydrogen-bond donors (Lipinski definition) is 1. The first-order valence-electron chi connectivity index (χ1n) is 9.41. The van der Waals surface area contributed by atoms with Crippen molar-refractivity contribution >= 4 is 23.2 Å². The fourth-order valence-electron chi connectivity index (χ4n) is 3.01. The van der Waals surface area contributed by atoms with Crippen LogP contribution in [0.4, 0.5) is 10.2 Å². The van der Waals surface area contributed by atoms with Crippen molar-refractivity contribution in [2.45, 2.75) is 26.4 Å². The molecule has 1 N–H and O–H groups in total. The number of pyridine rings is 1. The van der Waals surface area contributed by atoms with E-state index in [1.54, 1.807) is 26.0 Å². The van der Waals surface area contributed by atoms with Crippen LogP contribution in [0.5, 0.6) is 0 Å². The van der Waals surface area contributed by atoms with Crippen LogP contribution in [0.25, 0.3) is 11.3 Å². The Labute approximate surface area is 177 Å². The number of aryl methyl sites for hydroxylation is 1. The van der Waals surface area contributed by atoms with Gasteiger partial charge < -0.3 is 10.2 Å². The van der Waals surface area contributed by atoms with E-state index in [4.69, 9.17) is 4.84 Å². The second kappa shape index (κ2) is 7.67. The number of oxime groups is 1. The van der Waals surface area contributed by atoms with Crippen LogP contribution in [-0.4, -0.2) is 38.0 Å². The molecule has 31 heavy (non-hydrogen) atoms. The van der Waals surface area contributed by atoms with Gasteiger partial charge in [0, 0.05) is 17.3 Å². The Hall–Kier alpha value is -4.01. The summed E-state index contributed by atoms with van der Waals surface area (Å²) in [6, 6.07) is 6.55. The first kappa shape index (κ1) is 20.3. The minimum absolute atomic E-state index is 0.0709. The van der Waals surface area contributed by atoms with Crippen molar-refractivity contribution in [1.29, 1.82) is 0 Å². The van der Waals surface area contributed by atoms with E-state index >= 15 is 0 Å². The minimum atomic E-state index is -0.989. The fraction of sp³-hybridized carbons (Fsp3) is 0.182. The molecule has 0 saturated heterocycles. The molecule has 1 amide bonds. The molecule has 0 radical (unpaired) electrons. The number of carbonyl (C=O) groups is 2. The molecule has 0 unspecified atom stereocenters. The number of nitrogens with zero attached hydrogens (tertiary/aromatic N) is 4. The summed E-state index contributed by atoms with van der Waals surface area (Å²) >= 11 is 0. The van der Waals surface area contributed by atoms with Crippen LogP contribution in [0.15, 0.2) is 54.2 Å². The zero-order valence-electron chi connectivity index (χ0n) is 17.0. The number of amides is 1. The van der Waals surface area contributed by atoms with Gasteiger partial charge in [0.1, 0.15) is 5.82 Å². The summed E-state index contributed by atoms with van der Waals surface area (Å²) in [5.74, 6) is -1.15. The molecule has 1 aliphatic heterocycles. The Morgan fingerprint density at radius 1 is 1.10 bits per heavy atom. The van der Waals surface area contributed by atoms with Gasteiger partial charge in [-0.25, -0.2) is 9.37 Å². The number of aromatic nitrogens is 3. The molecule has 3 heterocycles. The highest BCUT2D eigenvalue weighted by atomic mass is 19.1. The molecular weight excluding hydrogens is 401 g/mol. The van der Waals surface area contributed by atoms with Crippen molar-refractivity contribution in [3.05, 3.63) is 71.6 Å². The van der Waals surface area contributed by atoms with Crippen molar-refractivity contribution < 1.29 is 18.8 Å². The largest absolute Gasteiger partial charge is 0.381 e. The summed E-state index contributed by atoms with van der Waals surface area (Å²) in [5, 5.41) is 6.49. The molecule has 0 bridgehead atoms. The smallest absolute Gasteiger partial charge is 0.258 e. The van der Waals surface area contributed by atoms with Crippen LogP contribution < -0.4 is 5.32 Å². The average Bonchev–Trinajstić information content (AvgIpc) is 3.02. The van der Waals surface area contributed by atoms with Gasteiger partial charge in [0.05, 0.1) is 29.8 Å². The summed E-state index contributed by atoms with van der Waals surface area (Å²) < 4.78 is 13.2. The van der Waals surface area contributed by atoms with Gasteiger partial charge in [-0.1, -0.05) is 17.3 Å². The van der Waals surface area contributed by atoms with E-state index in [0.29, 0.717) is 11.3 Å². The Morgan fingerprint density at radius 2 is 1.90 bits per heavy atom. The van der Waals surface area contributed by atoms with Gasteiger partial charge in [0.15, 0.2) is 17.1 Å². The van der Waals surface area contributed by atoms with Crippen LogP contribution in [0.3, 0.4) is 0 Å². The molecule has 0 atom stereocenters. The number of rotatable bonds is 4. The summed E-state index contributed by atoms with van der Waals surface area (Å²) in [7, 11) is 0. The number of Topliss-reactive ketones (excluding diaryl/α,β-unsaturated/α-hetero) is 1. The fourth-order valence-corrected chi connectivity index (χ4v) is 3.01. The van der Waals surface area contributed by atoms with Crippen molar-refractivity contribution in [2.24, 2.45) is 5.16 Å². The molecule has 0 aliphatic carbocycles. The molecular formula is C22H18FN5O3. The van der Waals surface area contributed by atoms with Gasteiger partial charge in [-0.15, -0.1) is 0 Å². The van der Waals surface area contributed by atoms with Crippen LogP contribution in [0.2, 0.25) is 0 Å². The summed E-state index contributed by atoms with van der Waals surface area (Å²) in [6.45, 7) is 5.24. The lowest BCUT2D eigenvalue weighted by atomic mass is 9.93. The first-order valence-corrected chi connectivity index (χ1v) is 9.41. The molecule has 3 aromatic rings. The van der Waals surface area contributed by atoms with Gasteiger partial charge in [-0.05, 0) is 38.5 Å². The molecule has 2 aromatic heterocycles. The van der Waals surface area contributed by atoms with E-state index in [1.165, 1.54) is 18.6 Å². The summed E-state index contributed by atoms with van der Waals surface area (Å²) in [6.07, 6.45) is 5.17. The normalized spacial score (nSPS) is 14.7. The van der Waals surface area contributed by atoms with Gasteiger partial charge in [-0.3, -0.25) is 19.6 Å². The molecule has 9 heteroatoms. The summed E-state index contributed by atoms with van der Waals surface area (Å²) in [4.78, 5) is 42.2. The Bertz CT molecular complexity index is 1220. The van der Waals surface area contributed by atoms with E-state index in [9.17, 15) is 14.0 Å². The maximum absolute atomic E-state index is 13.2. The van der Waals surface area contributed by atoms with Crippen LogP contribution in [0, 0.1) is 12.7 Å². The minimum Gasteiger partial charge on any atom is -0.381 e. The predicted molar refractivity (Wildman–Crippen MR) is 111 cm³/mol. The van der Waals surface area contributed by atoms with Crippen LogP contribution in [0.1, 0.15) is 35.3 Å². The molecule has 1 aromatic carbocycles. The number of carbonyl (C=O) groups excluding carboxylic acids is 2. The molecule has 1 aliphatic rings. The zero-order valence-corrected chi connectivity index (χ0v) is 17.0. The molecule has 0 fully saturated rings. The number of benzene rings is 1. The van der Waals surface area contributed by atoms with Crippen molar-refractivity contribution in [2.75, 3.05) is 5.32 Å². The third-order valence-corrected chi connectivity index (χ3v) is 4.77. The van der Waals surface area contributed by atoms with Crippen molar-refractivity contribution in [1.82, 2.24) is 15.0 Å². The lowest BCUT2D eigenvalue weighted by Gasteiger charge is -2.12. The molecule has 0 saturated carbocycles. The lowest BCUT2D eigenvalue weighted by Crippen LogP contribution is -2.33. The number of hydrogen-bond acceptors (Lipinski definition) is 7. The lowest BCUT2D eigenvalue weighted by molar-refractivity contribution is -0.128. The first-order chi connectivity index (χ1) is 14.7. The maximum atomic E-state index is 13.2. The third-order valence-electron chi connectivity index (χ3n) is 4.77. The van der Waals surface area contributed by atoms with Gasteiger partial charge >= 0.3 is 0 Å². The number of anilines is 1. The highest BCUT2D eigenvalue weighted by Crippen LogP contribution is 2.27. The average molecular weight is 419 g/mol. The van der Waals surface area contributed by atoms with Gasteiger partial charge in [0.25, 0.3) is 5.91 Å².